The van der Waals surface area contributed by atoms with Gasteiger partial charge in [0, 0.05) is 0 Å². The van der Waals surface area contributed by atoms with Crippen molar-refractivity contribution in [3.8, 4) is 22.3 Å². The van der Waals surface area contributed by atoms with Crippen molar-refractivity contribution >= 4 is 43.8 Å². The number of allylic oxidation sites excluding steroid dienone is 2. The Labute approximate surface area is 402 Å². The minimum Gasteiger partial charge on any atom is -0.147 e. The largest absolute Gasteiger partial charge is 0.147 e. The summed E-state index contributed by atoms with van der Waals surface area (Å²) in [6.45, 7) is 7.25. The Morgan fingerprint density at radius 3 is 1.14 bits per heavy atom. The first-order chi connectivity index (χ1) is 30.1. The molecule has 0 radical (unpaired) electrons. The van der Waals surface area contributed by atoms with E-state index in [9.17, 15) is 0 Å². The molecule has 4 aromatic rings. The van der Waals surface area contributed by atoms with Gasteiger partial charge in [-0.15, -0.1) is 24.8 Å². The molecule has 8 bridgehead atoms. The van der Waals surface area contributed by atoms with Gasteiger partial charge >= 0.3 is 380 Å². The van der Waals surface area contributed by atoms with Crippen LogP contribution in [0.5, 0.6) is 0 Å². The molecule has 0 amide bonds. The van der Waals surface area contributed by atoms with Crippen LogP contribution < -0.4 is 0 Å². The number of hydrogen-bond acceptors (Lipinski definition) is 0. The van der Waals surface area contributed by atoms with Gasteiger partial charge in [0.05, 0.1) is 0 Å². The maximum absolute atomic E-state index is 3.95. The van der Waals surface area contributed by atoms with Gasteiger partial charge in [0.2, 0.25) is 0 Å². The first-order valence-electron chi connectivity index (χ1n) is 26.0. The van der Waals surface area contributed by atoms with Crippen LogP contribution in [0.3, 0.4) is 0 Å². The topological polar surface area (TPSA) is 0 Å². The van der Waals surface area contributed by atoms with Crippen LogP contribution in [-0.2, 0) is 30.2 Å². The zero-order valence-electron chi connectivity index (χ0n) is 39.5. The zero-order valence-corrected chi connectivity index (χ0v) is 45.0. The molecule has 0 heterocycles. The van der Waals surface area contributed by atoms with Crippen LogP contribution in [0.2, 0.25) is 9.26 Å². The van der Waals surface area contributed by atoms with E-state index in [2.05, 4.69) is 127 Å². The third-order valence-corrected chi connectivity index (χ3v) is 37.1. The van der Waals surface area contributed by atoms with Crippen molar-refractivity contribution in [2.75, 3.05) is 0 Å². The second kappa shape index (κ2) is 17.5. The van der Waals surface area contributed by atoms with Crippen LogP contribution in [0, 0.1) is 59.2 Å². The van der Waals surface area contributed by atoms with Gasteiger partial charge in [0.1, 0.15) is 0 Å². The Bertz CT molecular complexity index is 2290. The summed E-state index contributed by atoms with van der Waals surface area (Å²) in [4.78, 5) is 0. The average Bonchev–Trinajstić information content (AvgIpc) is 3.84. The van der Waals surface area contributed by atoms with Crippen LogP contribution in [0.25, 0.3) is 34.4 Å². The molecule has 0 N–H and O–H groups in total. The molecule has 0 spiro atoms. The summed E-state index contributed by atoms with van der Waals surface area (Å²) in [5.74, 6) is 9.73. The second-order valence-electron chi connectivity index (χ2n) is 24.3. The summed E-state index contributed by atoms with van der Waals surface area (Å²) in [6, 6.07) is 34.6. The van der Waals surface area contributed by atoms with Crippen molar-refractivity contribution < 1.29 is 17.4 Å². The smallest absolute Gasteiger partial charge is 0.147 e. The quantitative estimate of drug-likeness (QED) is 0.124. The Balaban J connectivity index is 0.00000242. The van der Waals surface area contributed by atoms with E-state index in [1.54, 1.807) is 35.1 Å². The zero-order chi connectivity index (χ0) is 41.9. The van der Waals surface area contributed by atoms with Crippen molar-refractivity contribution in [3.63, 3.8) is 0 Å². The Morgan fingerprint density at radius 1 is 0.469 bits per heavy atom. The van der Waals surface area contributed by atoms with E-state index in [-0.39, 0.29) is 24.8 Å². The third kappa shape index (κ3) is 7.78. The average molecular weight is 987 g/mol. The third-order valence-electron chi connectivity index (χ3n) is 19.6. The number of rotatable bonds is 12. The fraction of sp³-hybridized carbons (Fsp3) is 0.533. The van der Waals surface area contributed by atoms with Crippen LogP contribution in [0.1, 0.15) is 144 Å². The van der Waals surface area contributed by atoms with Gasteiger partial charge in [0.15, 0.2) is 0 Å². The van der Waals surface area contributed by atoms with Gasteiger partial charge in [-0.25, -0.2) is 0 Å². The van der Waals surface area contributed by atoms with E-state index >= 15 is 0 Å². The minimum atomic E-state index is -3.95. The molecule has 10 aliphatic rings. The first-order valence-corrected chi connectivity index (χ1v) is 39.7. The minimum absolute atomic E-state index is 0. The van der Waals surface area contributed by atoms with Crippen LogP contribution >= 0.6 is 24.8 Å². The van der Waals surface area contributed by atoms with Crippen LogP contribution in [-0.4, -0.2) is 6.88 Å². The van der Waals surface area contributed by atoms with Gasteiger partial charge in [0.25, 0.3) is 0 Å². The maximum Gasteiger partial charge on any atom is -0.147 e. The molecule has 10 aliphatic carbocycles. The normalized spacial score (nSPS) is 32.7. The summed E-state index contributed by atoms with van der Waals surface area (Å²) < 4.78 is 7.12. The van der Waals surface area contributed by atoms with Gasteiger partial charge in [-0.05, 0) is 0 Å². The number of hydrogen-bond donors (Lipinski definition) is 0. The first kappa shape index (κ1) is 45.8. The standard InChI is InChI=1S/2C29H33.2CH3.2ClH.H2Si.Zr/c2*1-2-4-19-7-9-23(10-8-19)27-6-3-5-24-12-22(18-29(24)27)17-28-25-13-20-11-21(15-25)16-26(28)14-20;;;;;;/h2*3,5-10,12,18,20-21,25-26,28H,2,4,11,13-17H2,1H3;2*1H3;2*1H;1H2;. The Hall–Kier alpha value is -1.96. The number of benzene rings is 4. The Kier molecular flexibility index (Phi) is 12.5. The van der Waals surface area contributed by atoms with Gasteiger partial charge in [-0.1, -0.05) is 0 Å². The molecule has 4 aromatic carbocycles. The number of aryl methyl sites for hydroxylation is 2. The van der Waals surface area contributed by atoms with E-state index < -0.39 is 17.4 Å². The van der Waals surface area contributed by atoms with E-state index in [1.165, 1.54) is 123 Å². The fourth-order valence-electron chi connectivity index (χ4n) is 17.8. The van der Waals surface area contributed by atoms with Gasteiger partial charge < -0.3 is 0 Å². The van der Waals surface area contributed by atoms with E-state index in [4.69, 9.17) is 0 Å². The second-order valence-corrected chi connectivity index (χ2v) is 54.8. The van der Waals surface area contributed by atoms with E-state index in [0.29, 0.717) is 7.25 Å². The van der Waals surface area contributed by atoms with Crippen molar-refractivity contribution in [2.45, 2.75) is 133 Å². The summed E-state index contributed by atoms with van der Waals surface area (Å²) in [5.41, 5.74) is 19.0. The van der Waals surface area contributed by atoms with Gasteiger partial charge in [-0.2, -0.15) is 0 Å². The molecule has 4 heteroatoms. The van der Waals surface area contributed by atoms with Crippen molar-refractivity contribution in [3.05, 3.63) is 129 Å². The molecule has 8 fully saturated rings. The van der Waals surface area contributed by atoms with Crippen LogP contribution in [0.4, 0.5) is 0 Å². The van der Waals surface area contributed by atoms with E-state index in [0.717, 1.165) is 59.2 Å². The maximum atomic E-state index is 2.98. The van der Waals surface area contributed by atoms with Crippen molar-refractivity contribution in [1.29, 1.82) is 0 Å². The molecule has 0 nitrogen and oxygen atoms in total. The number of fused-ring (bicyclic) bond motifs is 2. The molecule has 0 aliphatic heterocycles. The molecule has 8 saturated carbocycles. The summed E-state index contributed by atoms with van der Waals surface area (Å²) in [7, 11) is 0. The SMILES string of the molecule is CCCc1ccc(-c2cccc3c2C=C(CC2C4CC5CC(C4)CC2C5)[CH]3[Zr]([CH3])([CH3])(=[SiH2])[CH]2C(CC3C4CC5CC(C4)CC3C5)=Cc3c(-c4ccc(CCC)cc4)cccc32)cc1.Cl.Cl. The molecule has 64 heavy (non-hydrogen) atoms. The fourth-order valence-corrected chi connectivity index (χ4v) is 37.5. The molecule has 2 atom stereocenters. The van der Waals surface area contributed by atoms with Gasteiger partial charge in [-0.3, -0.25) is 0 Å². The van der Waals surface area contributed by atoms with Crippen molar-refractivity contribution in [1.82, 2.24) is 0 Å². The van der Waals surface area contributed by atoms with Crippen LogP contribution in [0.15, 0.2) is 96.1 Å². The molecule has 0 saturated heterocycles. The molecule has 338 valence electrons. The predicted molar refractivity (Wildman–Crippen MR) is 278 cm³/mol. The summed E-state index contributed by atoms with van der Waals surface area (Å²) in [6.07, 6.45) is 28.4. The summed E-state index contributed by atoms with van der Waals surface area (Å²) in [5, 5.41) is 0. The monoisotopic (exact) mass is 984 g/mol. The number of halogens is 2. The Morgan fingerprint density at radius 2 is 0.812 bits per heavy atom. The van der Waals surface area contributed by atoms with Crippen molar-refractivity contribution in [2.24, 2.45) is 59.2 Å². The predicted octanol–water partition coefficient (Wildman–Crippen LogP) is 16.6. The molecule has 2 unspecified atom stereocenters. The summed E-state index contributed by atoms with van der Waals surface area (Å²) >= 11 is -3.95. The molecule has 14 rings (SSSR count). The molecule has 0 aromatic heterocycles. The molecular formula is C60H76Cl2SiZr. The molecular weight excluding hydrogens is 911 g/mol. The van der Waals surface area contributed by atoms with E-state index in [1.807, 2.05) is 11.1 Å².